The summed E-state index contributed by atoms with van der Waals surface area (Å²) < 4.78 is 35.1. The van der Waals surface area contributed by atoms with Gasteiger partial charge < -0.3 is 30.1 Å². The fourth-order valence-corrected chi connectivity index (χ4v) is 3.17. The van der Waals surface area contributed by atoms with E-state index >= 15 is 0 Å². The molecular formula is C18H22F2N6O5. The maximum atomic E-state index is 14.8. The minimum Gasteiger partial charge on any atom is -0.453 e. The van der Waals surface area contributed by atoms with E-state index in [2.05, 4.69) is 20.4 Å². The molecule has 1 atom stereocenters. The van der Waals surface area contributed by atoms with Gasteiger partial charge >= 0.3 is 6.09 Å². The molecule has 1 aliphatic rings. The van der Waals surface area contributed by atoms with Crippen LogP contribution in [0.25, 0.3) is 5.69 Å². The van der Waals surface area contributed by atoms with Crippen LogP contribution < -0.4 is 10.2 Å². The molecule has 1 aromatic heterocycles. The molecular weight excluding hydrogens is 418 g/mol. The summed E-state index contributed by atoms with van der Waals surface area (Å²) in [4.78, 5) is 25.8. The van der Waals surface area contributed by atoms with Crippen LogP contribution >= 0.6 is 0 Å². The molecule has 11 nitrogen and oxygen atoms in total. The number of benzene rings is 1. The first-order valence-electron chi connectivity index (χ1n) is 9.39. The van der Waals surface area contributed by atoms with Crippen LogP contribution in [0.1, 0.15) is 5.69 Å². The van der Waals surface area contributed by atoms with E-state index in [0.29, 0.717) is 5.69 Å². The molecule has 2 aromatic rings. The number of methoxy groups -OCH3 is 1. The summed E-state index contributed by atoms with van der Waals surface area (Å²) in [7, 11) is 1.22. The molecule has 1 aromatic carbocycles. The lowest BCUT2D eigenvalue weighted by molar-refractivity contribution is -0.142. The van der Waals surface area contributed by atoms with Crippen LogP contribution in [-0.4, -0.2) is 88.1 Å². The molecule has 13 heteroatoms. The van der Waals surface area contributed by atoms with Gasteiger partial charge in [-0.2, -0.15) is 0 Å². The standard InChI is InChI=1S/C18H22F2N6O5/c1-31-18(30)21-8-11-9-26(23-22-11)12-6-13(19)16(14(20)7-12)24-2-4-25(5-3-24)17(29)15(28)10-27/h6-7,9,15,27-28H,2-5,8,10H2,1H3,(H,21,30)/t15-/m1/s1. The number of carbonyl (C=O) groups excluding carboxylic acids is 2. The maximum Gasteiger partial charge on any atom is 0.407 e. The number of carbonyl (C=O) groups is 2. The van der Waals surface area contributed by atoms with E-state index in [1.165, 1.54) is 27.8 Å². The van der Waals surface area contributed by atoms with Crippen LogP contribution in [0.2, 0.25) is 0 Å². The van der Waals surface area contributed by atoms with E-state index in [4.69, 9.17) is 5.11 Å². The normalized spacial score (nSPS) is 15.0. The van der Waals surface area contributed by atoms with Crippen LogP contribution in [0.3, 0.4) is 0 Å². The first-order chi connectivity index (χ1) is 14.8. The number of aromatic nitrogens is 3. The number of aliphatic hydroxyl groups excluding tert-OH is 2. The number of halogens is 2. The van der Waals surface area contributed by atoms with Crippen molar-refractivity contribution in [2.45, 2.75) is 12.6 Å². The van der Waals surface area contributed by atoms with Crippen molar-refractivity contribution in [3.63, 3.8) is 0 Å². The van der Waals surface area contributed by atoms with Gasteiger partial charge in [0.15, 0.2) is 17.7 Å². The van der Waals surface area contributed by atoms with Gasteiger partial charge in [0.2, 0.25) is 0 Å². The number of rotatable bonds is 6. The number of anilines is 1. The molecule has 0 spiro atoms. The third kappa shape index (κ3) is 5.06. The molecule has 0 radical (unpaired) electrons. The highest BCUT2D eigenvalue weighted by Gasteiger charge is 2.28. The van der Waals surface area contributed by atoms with Gasteiger partial charge in [-0.15, -0.1) is 5.10 Å². The average molecular weight is 440 g/mol. The predicted molar refractivity (Wildman–Crippen MR) is 102 cm³/mol. The highest BCUT2D eigenvalue weighted by molar-refractivity contribution is 5.81. The van der Waals surface area contributed by atoms with Crippen LogP contribution in [0, 0.1) is 11.6 Å². The second-order valence-electron chi connectivity index (χ2n) is 6.77. The fraction of sp³-hybridized carbons (Fsp3) is 0.444. The highest BCUT2D eigenvalue weighted by atomic mass is 19.1. The van der Waals surface area contributed by atoms with Crippen molar-refractivity contribution in [1.82, 2.24) is 25.2 Å². The molecule has 0 unspecified atom stereocenters. The number of hydrogen-bond acceptors (Lipinski definition) is 8. The number of nitrogens with one attached hydrogen (secondary N) is 1. The summed E-state index contributed by atoms with van der Waals surface area (Å²) in [6.07, 6.45) is -0.737. The summed E-state index contributed by atoms with van der Waals surface area (Å²) in [6, 6.07) is 2.22. The van der Waals surface area contributed by atoms with Crippen LogP contribution in [0.4, 0.5) is 19.3 Å². The summed E-state index contributed by atoms with van der Waals surface area (Å²) in [5.74, 6) is -2.24. The number of amides is 2. The van der Waals surface area contributed by atoms with Crippen LogP contribution in [0.5, 0.6) is 0 Å². The number of ether oxygens (including phenoxy) is 1. The zero-order chi connectivity index (χ0) is 22.5. The van der Waals surface area contributed by atoms with Crippen molar-refractivity contribution >= 4 is 17.7 Å². The topological polar surface area (TPSA) is 133 Å². The van der Waals surface area contributed by atoms with Gasteiger partial charge in [-0.25, -0.2) is 18.3 Å². The fourth-order valence-electron chi connectivity index (χ4n) is 3.17. The third-order valence-corrected chi connectivity index (χ3v) is 4.77. The van der Waals surface area contributed by atoms with Crippen molar-refractivity contribution in [2.75, 3.05) is 44.8 Å². The SMILES string of the molecule is COC(=O)NCc1cn(-c2cc(F)c(N3CCN(C(=O)[C@H](O)CO)CC3)c(F)c2)nn1. The van der Waals surface area contributed by atoms with Crippen LogP contribution in [-0.2, 0) is 16.1 Å². The van der Waals surface area contributed by atoms with Crippen LogP contribution in [0.15, 0.2) is 18.3 Å². The Bertz CT molecular complexity index is 924. The van der Waals surface area contributed by atoms with E-state index in [0.717, 1.165) is 12.1 Å². The second kappa shape index (κ2) is 9.66. The van der Waals surface area contributed by atoms with Gasteiger partial charge in [-0.05, 0) is 0 Å². The average Bonchev–Trinajstić information content (AvgIpc) is 3.25. The largest absolute Gasteiger partial charge is 0.453 e. The van der Waals surface area contributed by atoms with Gasteiger partial charge in [0.1, 0.15) is 11.4 Å². The minimum atomic E-state index is -1.50. The molecule has 3 rings (SSSR count). The first kappa shape index (κ1) is 22.4. The molecule has 1 saturated heterocycles. The molecule has 0 saturated carbocycles. The van der Waals surface area contributed by atoms with E-state index in [1.807, 2.05) is 0 Å². The monoisotopic (exact) mass is 440 g/mol. The van der Waals surface area contributed by atoms with Crippen molar-refractivity contribution in [3.8, 4) is 5.69 Å². The van der Waals surface area contributed by atoms with Gasteiger partial charge in [0, 0.05) is 38.3 Å². The van der Waals surface area contributed by atoms with Crippen molar-refractivity contribution in [2.24, 2.45) is 0 Å². The number of piperazine rings is 1. The number of aliphatic hydroxyl groups is 2. The molecule has 2 heterocycles. The van der Waals surface area contributed by atoms with Crippen molar-refractivity contribution in [3.05, 3.63) is 35.7 Å². The molecule has 1 fully saturated rings. The minimum absolute atomic E-state index is 0.0314. The van der Waals surface area contributed by atoms with E-state index in [9.17, 15) is 23.5 Å². The van der Waals surface area contributed by atoms with Gasteiger partial charge in [0.05, 0.1) is 32.1 Å². The molecule has 0 bridgehead atoms. The van der Waals surface area contributed by atoms with Gasteiger partial charge in [-0.3, -0.25) is 4.79 Å². The number of nitrogens with zero attached hydrogens (tertiary/aromatic N) is 5. The summed E-state index contributed by atoms with van der Waals surface area (Å²) in [5.41, 5.74) is 0.239. The molecule has 1 aliphatic heterocycles. The predicted octanol–water partition coefficient (Wildman–Crippen LogP) is -0.597. The van der Waals surface area contributed by atoms with E-state index in [1.54, 1.807) is 0 Å². The molecule has 31 heavy (non-hydrogen) atoms. The number of hydrogen-bond donors (Lipinski definition) is 3. The second-order valence-corrected chi connectivity index (χ2v) is 6.77. The zero-order valence-electron chi connectivity index (χ0n) is 16.7. The Morgan fingerprint density at radius 1 is 1.23 bits per heavy atom. The molecule has 0 aliphatic carbocycles. The van der Waals surface area contributed by atoms with Gasteiger partial charge in [0.25, 0.3) is 5.91 Å². The lowest BCUT2D eigenvalue weighted by Crippen LogP contribution is -2.52. The summed E-state index contributed by atoms with van der Waals surface area (Å²) in [6.45, 7) is -0.0456. The molecule has 168 valence electrons. The Kier molecular flexibility index (Phi) is 6.97. The lowest BCUT2D eigenvalue weighted by atomic mass is 10.2. The zero-order valence-corrected chi connectivity index (χ0v) is 16.7. The Balaban J connectivity index is 1.70. The van der Waals surface area contributed by atoms with E-state index in [-0.39, 0.29) is 44.1 Å². The Morgan fingerprint density at radius 3 is 2.45 bits per heavy atom. The smallest absolute Gasteiger partial charge is 0.407 e. The first-order valence-corrected chi connectivity index (χ1v) is 9.39. The Labute approximate surface area is 175 Å². The summed E-state index contributed by atoms with van der Waals surface area (Å²) in [5, 5.41) is 28.4. The Morgan fingerprint density at radius 2 is 1.87 bits per heavy atom. The maximum absolute atomic E-state index is 14.8. The Hall–Kier alpha value is -3.32. The van der Waals surface area contributed by atoms with Crippen molar-refractivity contribution < 1.29 is 33.3 Å². The quantitative estimate of drug-likeness (QED) is 0.543. The number of alkyl carbamates (subject to hydrolysis) is 1. The van der Waals surface area contributed by atoms with E-state index < -0.39 is 36.3 Å². The van der Waals surface area contributed by atoms with Gasteiger partial charge in [-0.1, -0.05) is 5.21 Å². The van der Waals surface area contributed by atoms with Crippen molar-refractivity contribution in [1.29, 1.82) is 0 Å². The lowest BCUT2D eigenvalue weighted by Gasteiger charge is -2.37. The highest BCUT2D eigenvalue weighted by Crippen LogP contribution is 2.27. The molecule has 2 amide bonds. The third-order valence-electron chi connectivity index (χ3n) is 4.77. The molecule has 3 N–H and O–H groups in total. The summed E-state index contributed by atoms with van der Waals surface area (Å²) >= 11 is 0.